The van der Waals surface area contributed by atoms with Crippen LogP contribution in [0.1, 0.15) is 28.2 Å². The third kappa shape index (κ3) is 2.88. The highest BCUT2D eigenvalue weighted by atomic mass is 15.1. The van der Waals surface area contributed by atoms with Crippen molar-refractivity contribution in [2.45, 2.75) is 19.4 Å². The largest absolute Gasteiger partial charge is 0.301 e. The minimum Gasteiger partial charge on any atom is -0.301 e. The lowest BCUT2D eigenvalue weighted by molar-refractivity contribution is 0.294. The van der Waals surface area contributed by atoms with Crippen molar-refractivity contribution in [3.8, 4) is 11.3 Å². The zero-order valence-corrected chi connectivity index (χ0v) is 16.3. The van der Waals surface area contributed by atoms with Gasteiger partial charge in [0.1, 0.15) is 0 Å². The van der Waals surface area contributed by atoms with Gasteiger partial charge in [-0.15, -0.1) is 0 Å². The number of nitrogens with zero attached hydrogens (tertiary/aromatic N) is 3. The summed E-state index contributed by atoms with van der Waals surface area (Å²) in [5.74, 6) is 0.382. The molecular weight excluding hydrogens is 342 g/mol. The fraction of sp³-hybridized carbons (Fsp3) is 0.200. The van der Waals surface area contributed by atoms with Crippen LogP contribution in [0.4, 0.5) is 0 Å². The number of benzene rings is 3. The Balaban J connectivity index is 1.63. The van der Waals surface area contributed by atoms with Crippen LogP contribution in [-0.4, -0.2) is 28.5 Å². The van der Waals surface area contributed by atoms with Crippen LogP contribution in [0.5, 0.6) is 0 Å². The lowest BCUT2D eigenvalue weighted by Gasteiger charge is -2.34. The van der Waals surface area contributed by atoms with Crippen LogP contribution >= 0.6 is 0 Å². The van der Waals surface area contributed by atoms with Gasteiger partial charge in [0.2, 0.25) is 0 Å². The standard InChI is InChI=1S/C25H23N3/c1-17-21(25-14-26-11-12-27-25)9-10-22-23(17)15-28(2)16-24(22)20-8-7-18-5-3-4-6-19(18)13-20/h3-14,24H,15-16H2,1-2H3. The van der Waals surface area contributed by atoms with E-state index in [1.807, 2.05) is 6.20 Å². The van der Waals surface area contributed by atoms with Gasteiger partial charge >= 0.3 is 0 Å². The predicted molar refractivity (Wildman–Crippen MR) is 114 cm³/mol. The number of hydrogen-bond donors (Lipinski definition) is 0. The van der Waals surface area contributed by atoms with Gasteiger partial charge in [0.15, 0.2) is 0 Å². The van der Waals surface area contributed by atoms with Crippen LogP contribution in [0.3, 0.4) is 0 Å². The van der Waals surface area contributed by atoms with E-state index in [2.05, 4.69) is 83.4 Å². The van der Waals surface area contributed by atoms with E-state index in [9.17, 15) is 0 Å². The number of fused-ring (bicyclic) bond motifs is 2. The topological polar surface area (TPSA) is 29.0 Å². The van der Waals surface area contributed by atoms with Crippen LogP contribution in [0, 0.1) is 6.92 Å². The molecule has 0 radical (unpaired) electrons. The normalized spacial score (nSPS) is 16.9. The van der Waals surface area contributed by atoms with Crippen LogP contribution < -0.4 is 0 Å². The average Bonchev–Trinajstić information content (AvgIpc) is 2.74. The molecule has 1 aromatic heterocycles. The summed E-state index contributed by atoms with van der Waals surface area (Å²) in [5.41, 5.74) is 7.69. The highest BCUT2D eigenvalue weighted by Gasteiger charge is 2.27. The Hall–Kier alpha value is -3.04. The van der Waals surface area contributed by atoms with Gasteiger partial charge in [0.05, 0.1) is 11.9 Å². The zero-order chi connectivity index (χ0) is 19.1. The molecule has 1 atom stereocenters. The maximum absolute atomic E-state index is 4.51. The van der Waals surface area contributed by atoms with Gasteiger partial charge < -0.3 is 4.90 Å². The molecule has 0 amide bonds. The number of likely N-dealkylation sites (N-methyl/N-ethyl adjacent to an activating group) is 1. The molecule has 28 heavy (non-hydrogen) atoms. The fourth-order valence-corrected chi connectivity index (χ4v) is 4.48. The Morgan fingerprint density at radius 3 is 2.64 bits per heavy atom. The molecule has 0 N–H and O–H groups in total. The molecule has 3 heteroatoms. The molecule has 0 spiro atoms. The smallest absolute Gasteiger partial charge is 0.0887 e. The quantitative estimate of drug-likeness (QED) is 0.490. The van der Waals surface area contributed by atoms with Crippen molar-refractivity contribution in [2.24, 2.45) is 0 Å². The van der Waals surface area contributed by atoms with Gasteiger partial charge in [-0.25, -0.2) is 0 Å². The molecule has 4 aromatic rings. The number of aromatic nitrogens is 2. The maximum atomic E-state index is 4.51. The van der Waals surface area contributed by atoms with Gasteiger partial charge in [0, 0.05) is 37.0 Å². The summed E-state index contributed by atoms with van der Waals surface area (Å²) >= 11 is 0. The summed E-state index contributed by atoms with van der Waals surface area (Å²) in [7, 11) is 2.21. The van der Waals surface area contributed by atoms with Gasteiger partial charge in [-0.05, 0) is 47.0 Å². The monoisotopic (exact) mass is 365 g/mol. The van der Waals surface area contributed by atoms with Gasteiger partial charge in [0.25, 0.3) is 0 Å². The lowest BCUT2D eigenvalue weighted by Crippen LogP contribution is -2.31. The molecule has 3 aromatic carbocycles. The molecule has 138 valence electrons. The Labute approximate surface area is 165 Å². The van der Waals surface area contributed by atoms with Crippen LogP contribution in [0.25, 0.3) is 22.0 Å². The molecule has 2 heterocycles. The maximum Gasteiger partial charge on any atom is 0.0887 e. The molecule has 0 aliphatic carbocycles. The van der Waals surface area contributed by atoms with E-state index in [1.54, 1.807) is 12.4 Å². The van der Waals surface area contributed by atoms with Gasteiger partial charge in [-0.3, -0.25) is 9.97 Å². The Morgan fingerprint density at radius 1 is 0.964 bits per heavy atom. The van der Waals surface area contributed by atoms with Crippen molar-refractivity contribution in [3.63, 3.8) is 0 Å². The molecule has 0 bridgehead atoms. The Bertz CT molecular complexity index is 1150. The van der Waals surface area contributed by atoms with E-state index in [4.69, 9.17) is 0 Å². The Kier molecular flexibility index (Phi) is 4.18. The second kappa shape index (κ2) is 6.84. The summed E-state index contributed by atoms with van der Waals surface area (Å²) < 4.78 is 0. The summed E-state index contributed by atoms with van der Waals surface area (Å²) in [6.07, 6.45) is 5.33. The third-order valence-electron chi connectivity index (χ3n) is 5.95. The SMILES string of the molecule is Cc1c(-c2cnccn2)ccc2c1CN(C)CC2c1ccc2ccccc2c1. The van der Waals surface area contributed by atoms with Crippen LogP contribution in [0.15, 0.2) is 73.2 Å². The van der Waals surface area contributed by atoms with E-state index in [0.717, 1.165) is 18.8 Å². The van der Waals surface area contributed by atoms with E-state index < -0.39 is 0 Å². The first-order valence-corrected chi connectivity index (χ1v) is 9.77. The Morgan fingerprint density at radius 2 is 1.82 bits per heavy atom. The molecule has 0 saturated heterocycles. The van der Waals surface area contributed by atoms with Crippen LogP contribution in [-0.2, 0) is 6.54 Å². The van der Waals surface area contributed by atoms with Crippen molar-refractivity contribution in [3.05, 3.63) is 95.4 Å². The first-order valence-electron chi connectivity index (χ1n) is 9.77. The first-order chi connectivity index (χ1) is 13.7. The summed E-state index contributed by atoms with van der Waals surface area (Å²) in [6.45, 7) is 4.23. The van der Waals surface area contributed by atoms with Crippen LogP contribution in [0.2, 0.25) is 0 Å². The van der Waals surface area contributed by atoms with E-state index in [0.29, 0.717) is 5.92 Å². The fourth-order valence-electron chi connectivity index (χ4n) is 4.48. The molecule has 5 rings (SSSR count). The minimum atomic E-state index is 0.382. The van der Waals surface area contributed by atoms with Crippen molar-refractivity contribution < 1.29 is 0 Å². The number of hydrogen-bond acceptors (Lipinski definition) is 3. The molecule has 3 nitrogen and oxygen atoms in total. The third-order valence-corrected chi connectivity index (χ3v) is 5.95. The molecule has 1 aliphatic rings. The highest BCUT2D eigenvalue weighted by Crippen LogP contribution is 2.38. The second-order valence-corrected chi connectivity index (χ2v) is 7.75. The van der Waals surface area contributed by atoms with E-state index >= 15 is 0 Å². The minimum absolute atomic E-state index is 0.382. The average molecular weight is 365 g/mol. The van der Waals surface area contributed by atoms with E-state index in [1.165, 1.54) is 38.6 Å². The predicted octanol–water partition coefficient (Wildman–Crippen LogP) is 5.18. The van der Waals surface area contributed by atoms with Crippen molar-refractivity contribution >= 4 is 10.8 Å². The zero-order valence-electron chi connectivity index (χ0n) is 16.3. The summed E-state index contributed by atoms with van der Waals surface area (Å²) in [4.78, 5) is 11.2. The second-order valence-electron chi connectivity index (χ2n) is 7.75. The van der Waals surface area contributed by atoms with Crippen molar-refractivity contribution in [1.82, 2.24) is 14.9 Å². The molecule has 1 aliphatic heterocycles. The molecule has 0 saturated carbocycles. The summed E-state index contributed by atoms with van der Waals surface area (Å²) in [5, 5.41) is 2.60. The van der Waals surface area contributed by atoms with Gasteiger partial charge in [-0.1, -0.05) is 54.6 Å². The first kappa shape index (κ1) is 17.1. The van der Waals surface area contributed by atoms with Crippen molar-refractivity contribution in [2.75, 3.05) is 13.6 Å². The lowest BCUT2D eigenvalue weighted by atomic mass is 9.81. The summed E-state index contributed by atoms with van der Waals surface area (Å²) in [6, 6.07) is 20.0. The number of rotatable bonds is 2. The van der Waals surface area contributed by atoms with E-state index in [-0.39, 0.29) is 0 Å². The van der Waals surface area contributed by atoms with Gasteiger partial charge in [-0.2, -0.15) is 0 Å². The molecule has 0 fully saturated rings. The van der Waals surface area contributed by atoms with Crippen molar-refractivity contribution in [1.29, 1.82) is 0 Å². The highest BCUT2D eigenvalue weighted by molar-refractivity contribution is 5.83. The molecule has 1 unspecified atom stereocenters. The molecular formula is C25H23N3.